The SMILES string of the molecule is COc1ccc(S(=O)(=O)NC[C@H](O)Cn2c3ccccc3c3ccccc32)cc1N(C)S(C)(=O)=O. The van der Waals surface area contributed by atoms with Gasteiger partial charge in [0.15, 0.2) is 0 Å². The summed E-state index contributed by atoms with van der Waals surface area (Å²) < 4.78 is 60.4. The molecule has 3 aromatic carbocycles. The maximum atomic E-state index is 13.0. The van der Waals surface area contributed by atoms with Gasteiger partial charge in [0.25, 0.3) is 0 Å². The maximum Gasteiger partial charge on any atom is 0.240 e. The number of para-hydroxylation sites is 2. The van der Waals surface area contributed by atoms with Gasteiger partial charge in [0, 0.05) is 35.4 Å². The molecule has 0 fully saturated rings. The number of nitrogens with one attached hydrogen (secondary N) is 1. The van der Waals surface area contributed by atoms with Crippen LogP contribution in [0.3, 0.4) is 0 Å². The lowest BCUT2D eigenvalue weighted by Gasteiger charge is -2.20. The van der Waals surface area contributed by atoms with Crippen molar-refractivity contribution in [3.63, 3.8) is 0 Å². The van der Waals surface area contributed by atoms with Crippen molar-refractivity contribution < 1.29 is 26.7 Å². The molecule has 11 heteroatoms. The van der Waals surface area contributed by atoms with Crippen LogP contribution in [0.2, 0.25) is 0 Å². The monoisotopic (exact) mass is 517 g/mol. The first-order valence-corrected chi connectivity index (χ1v) is 14.1. The van der Waals surface area contributed by atoms with E-state index in [1.54, 1.807) is 0 Å². The normalized spacial score (nSPS) is 13.3. The van der Waals surface area contributed by atoms with Crippen molar-refractivity contribution in [2.45, 2.75) is 17.5 Å². The Morgan fingerprint density at radius 1 is 0.971 bits per heavy atom. The smallest absolute Gasteiger partial charge is 0.240 e. The van der Waals surface area contributed by atoms with Crippen LogP contribution in [-0.2, 0) is 26.6 Å². The molecule has 4 aromatic rings. The summed E-state index contributed by atoms with van der Waals surface area (Å²) in [5.41, 5.74) is 1.97. The van der Waals surface area contributed by atoms with Crippen molar-refractivity contribution in [3.8, 4) is 5.75 Å². The van der Waals surface area contributed by atoms with E-state index < -0.39 is 26.2 Å². The van der Waals surface area contributed by atoms with Crippen LogP contribution in [0.1, 0.15) is 0 Å². The fourth-order valence-corrected chi connectivity index (χ4v) is 5.62. The fourth-order valence-electron chi connectivity index (χ4n) is 4.03. The molecule has 0 saturated carbocycles. The lowest BCUT2D eigenvalue weighted by atomic mass is 10.2. The van der Waals surface area contributed by atoms with E-state index in [0.29, 0.717) is 0 Å². The van der Waals surface area contributed by atoms with Gasteiger partial charge in [-0.25, -0.2) is 21.6 Å². The van der Waals surface area contributed by atoms with E-state index in [2.05, 4.69) is 4.72 Å². The minimum atomic E-state index is -4.04. The van der Waals surface area contributed by atoms with Crippen molar-refractivity contribution >= 4 is 47.5 Å². The third kappa shape index (κ3) is 4.98. The number of ether oxygens (including phenoxy) is 1. The summed E-state index contributed by atoms with van der Waals surface area (Å²) in [6, 6.07) is 19.6. The summed E-state index contributed by atoms with van der Waals surface area (Å²) in [6.07, 6.45) is -0.00273. The van der Waals surface area contributed by atoms with E-state index in [1.807, 2.05) is 53.1 Å². The molecule has 0 amide bonds. The van der Waals surface area contributed by atoms with Gasteiger partial charge in [-0.05, 0) is 30.3 Å². The topological polar surface area (TPSA) is 118 Å². The zero-order valence-electron chi connectivity index (χ0n) is 19.5. The first kappa shape index (κ1) is 25.0. The van der Waals surface area contributed by atoms with E-state index in [1.165, 1.54) is 32.4 Å². The first-order valence-electron chi connectivity index (χ1n) is 10.8. The molecule has 186 valence electrons. The molecule has 9 nitrogen and oxygen atoms in total. The van der Waals surface area contributed by atoms with Gasteiger partial charge in [0.05, 0.1) is 36.6 Å². The number of hydrogen-bond acceptors (Lipinski definition) is 6. The van der Waals surface area contributed by atoms with Gasteiger partial charge in [-0.3, -0.25) is 4.31 Å². The molecule has 0 spiro atoms. The predicted molar refractivity (Wildman–Crippen MR) is 137 cm³/mol. The highest BCUT2D eigenvalue weighted by Crippen LogP contribution is 2.32. The Kier molecular flexibility index (Phi) is 6.78. The Hall–Kier alpha value is -3.12. The van der Waals surface area contributed by atoms with Gasteiger partial charge in [-0.1, -0.05) is 36.4 Å². The number of rotatable bonds is 9. The summed E-state index contributed by atoms with van der Waals surface area (Å²) >= 11 is 0. The molecule has 35 heavy (non-hydrogen) atoms. The minimum Gasteiger partial charge on any atom is -0.495 e. The fraction of sp³-hybridized carbons (Fsp3) is 0.250. The van der Waals surface area contributed by atoms with E-state index >= 15 is 0 Å². The van der Waals surface area contributed by atoms with Crippen LogP contribution in [0, 0.1) is 0 Å². The van der Waals surface area contributed by atoms with Crippen molar-refractivity contribution in [3.05, 3.63) is 66.7 Å². The molecule has 0 aliphatic carbocycles. The second kappa shape index (κ2) is 9.50. The average Bonchev–Trinajstić information content (AvgIpc) is 3.15. The number of aliphatic hydroxyl groups is 1. The molecular weight excluding hydrogens is 490 g/mol. The largest absolute Gasteiger partial charge is 0.495 e. The van der Waals surface area contributed by atoms with Gasteiger partial charge in [0.2, 0.25) is 20.0 Å². The van der Waals surface area contributed by atoms with E-state index in [9.17, 15) is 21.9 Å². The van der Waals surface area contributed by atoms with Gasteiger partial charge < -0.3 is 14.4 Å². The number of aliphatic hydroxyl groups excluding tert-OH is 1. The second-order valence-electron chi connectivity index (χ2n) is 8.21. The summed E-state index contributed by atoms with van der Waals surface area (Å²) in [5, 5.41) is 12.8. The number of sulfonamides is 2. The van der Waals surface area contributed by atoms with Gasteiger partial charge in [-0.2, -0.15) is 0 Å². The van der Waals surface area contributed by atoms with E-state index in [0.717, 1.165) is 32.4 Å². The zero-order chi connectivity index (χ0) is 25.4. The predicted octanol–water partition coefficient (Wildman–Crippen LogP) is 2.54. The minimum absolute atomic E-state index is 0.0868. The quantitative estimate of drug-likeness (QED) is 0.352. The van der Waals surface area contributed by atoms with Crippen molar-refractivity contribution in [1.29, 1.82) is 0 Å². The molecule has 1 aromatic heterocycles. The lowest BCUT2D eigenvalue weighted by molar-refractivity contribution is 0.161. The summed E-state index contributed by atoms with van der Waals surface area (Å²) in [6.45, 7) is -0.0479. The second-order valence-corrected chi connectivity index (χ2v) is 12.0. The summed E-state index contributed by atoms with van der Waals surface area (Å²) in [5.74, 6) is 0.211. The Bertz CT molecular complexity index is 1540. The number of anilines is 1. The molecule has 0 radical (unpaired) electrons. The highest BCUT2D eigenvalue weighted by molar-refractivity contribution is 7.92. The molecule has 0 saturated heterocycles. The molecular formula is C24H27N3O6S2. The number of aromatic nitrogens is 1. The van der Waals surface area contributed by atoms with Crippen LogP contribution in [0.15, 0.2) is 71.6 Å². The van der Waals surface area contributed by atoms with E-state index in [4.69, 9.17) is 4.74 Å². The van der Waals surface area contributed by atoms with Crippen LogP contribution < -0.4 is 13.8 Å². The first-order chi connectivity index (χ1) is 16.5. The molecule has 0 unspecified atom stereocenters. The third-order valence-corrected chi connectivity index (χ3v) is 8.49. The van der Waals surface area contributed by atoms with Crippen LogP contribution in [0.5, 0.6) is 5.75 Å². The van der Waals surface area contributed by atoms with Crippen LogP contribution in [0.4, 0.5) is 5.69 Å². The Labute approximate surface area is 204 Å². The number of methoxy groups -OCH3 is 1. The highest BCUT2D eigenvalue weighted by Gasteiger charge is 2.23. The average molecular weight is 518 g/mol. The summed E-state index contributed by atoms with van der Waals surface area (Å²) in [4.78, 5) is -0.145. The Morgan fingerprint density at radius 2 is 1.54 bits per heavy atom. The molecule has 0 bridgehead atoms. The van der Waals surface area contributed by atoms with E-state index in [-0.39, 0.29) is 29.4 Å². The number of fused-ring (bicyclic) bond motifs is 3. The Balaban J connectivity index is 1.56. The van der Waals surface area contributed by atoms with Gasteiger partial charge in [0.1, 0.15) is 5.75 Å². The van der Waals surface area contributed by atoms with Gasteiger partial charge in [-0.15, -0.1) is 0 Å². The van der Waals surface area contributed by atoms with Gasteiger partial charge >= 0.3 is 0 Å². The highest BCUT2D eigenvalue weighted by atomic mass is 32.2. The lowest BCUT2D eigenvalue weighted by Crippen LogP contribution is -2.34. The molecule has 1 atom stereocenters. The molecule has 1 heterocycles. The Morgan fingerprint density at radius 3 is 2.09 bits per heavy atom. The summed E-state index contributed by atoms with van der Waals surface area (Å²) in [7, 11) is -5.01. The van der Waals surface area contributed by atoms with Crippen molar-refractivity contribution in [2.75, 3.05) is 31.3 Å². The number of nitrogens with zero attached hydrogens (tertiary/aromatic N) is 2. The number of hydrogen-bond donors (Lipinski definition) is 2. The zero-order valence-corrected chi connectivity index (χ0v) is 21.2. The standard InChI is InChI=1S/C24H27N3O6S2/c1-26(34(3,29)30)23-14-18(12-13-24(23)33-2)35(31,32)25-15-17(28)16-27-21-10-6-4-8-19(21)20-9-5-7-11-22(20)27/h4-14,17,25,28H,15-16H2,1-3H3/t17-/m0/s1. The van der Waals surface area contributed by atoms with Crippen LogP contribution in [-0.4, -0.2) is 59.6 Å². The molecule has 2 N–H and O–H groups in total. The molecule has 0 aliphatic rings. The number of benzene rings is 3. The van der Waals surface area contributed by atoms with Crippen molar-refractivity contribution in [2.24, 2.45) is 0 Å². The van der Waals surface area contributed by atoms with Crippen LogP contribution >= 0.6 is 0 Å². The molecule has 4 rings (SSSR count). The van der Waals surface area contributed by atoms with Crippen molar-refractivity contribution in [1.82, 2.24) is 9.29 Å². The van der Waals surface area contributed by atoms with Crippen LogP contribution in [0.25, 0.3) is 21.8 Å². The third-order valence-electron chi connectivity index (χ3n) is 5.88. The maximum absolute atomic E-state index is 13.0. The molecule has 0 aliphatic heterocycles.